The first-order valence-corrected chi connectivity index (χ1v) is 7.23. The van der Waals surface area contributed by atoms with E-state index in [2.05, 4.69) is 16.6 Å². The summed E-state index contributed by atoms with van der Waals surface area (Å²) in [6.45, 7) is 6.39. The number of carbonyl (C=O) groups is 1. The van der Waals surface area contributed by atoms with Crippen molar-refractivity contribution in [1.29, 1.82) is 0 Å². The Kier molecular flexibility index (Phi) is 12.4. The van der Waals surface area contributed by atoms with Crippen molar-refractivity contribution in [3.63, 3.8) is 0 Å². The minimum Gasteiger partial charge on any atom is -0.469 e. The van der Waals surface area contributed by atoms with Crippen LogP contribution in [0, 0.1) is 0 Å². The zero-order valence-electron chi connectivity index (χ0n) is 12.1. The molecule has 0 saturated heterocycles. The molecule has 0 heterocycles. The lowest BCUT2D eigenvalue weighted by Gasteiger charge is -2.21. The second-order valence-corrected chi connectivity index (χ2v) is 4.72. The number of nitrogens with two attached hydrogens (primary N) is 1. The fourth-order valence-corrected chi connectivity index (χ4v) is 1.92. The summed E-state index contributed by atoms with van der Waals surface area (Å²) in [5.41, 5.74) is 5.55. The first-order valence-electron chi connectivity index (χ1n) is 7.23. The Hall–Kier alpha value is -0.610. The third kappa shape index (κ3) is 10.5. The molecule has 0 saturated carbocycles. The van der Waals surface area contributed by atoms with E-state index >= 15 is 0 Å². The van der Waals surface area contributed by atoms with Gasteiger partial charge in [0.25, 0.3) is 0 Å². The van der Waals surface area contributed by atoms with Crippen LogP contribution in [-0.2, 0) is 9.53 Å². The Labute approximate surface area is 112 Å². The summed E-state index contributed by atoms with van der Waals surface area (Å²) in [4.78, 5) is 13.4. The van der Waals surface area contributed by atoms with E-state index in [1.54, 1.807) is 0 Å². The van der Waals surface area contributed by atoms with Crippen LogP contribution in [0.3, 0.4) is 0 Å². The van der Waals surface area contributed by atoms with E-state index in [1.165, 1.54) is 26.5 Å². The van der Waals surface area contributed by atoms with Gasteiger partial charge in [-0.2, -0.15) is 0 Å². The molecule has 0 amide bonds. The summed E-state index contributed by atoms with van der Waals surface area (Å²) in [6, 6.07) is 0. The molecule has 0 fully saturated rings. The first-order chi connectivity index (χ1) is 8.74. The van der Waals surface area contributed by atoms with Gasteiger partial charge in [0.05, 0.1) is 7.11 Å². The highest BCUT2D eigenvalue weighted by Crippen LogP contribution is 2.04. The number of rotatable bonds is 12. The Morgan fingerprint density at radius 2 is 1.72 bits per heavy atom. The second kappa shape index (κ2) is 12.8. The molecule has 0 aliphatic heterocycles. The van der Waals surface area contributed by atoms with Crippen LogP contribution < -0.4 is 5.73 Å². The minimum absolute atomic E-state index is 0.0963. The molecule has 0 bridgehead atoms. The van der Waals surface area contributed by atoms with Gasteiger partial charge in [0.2, 0.25) is 0 Å². The van der Waals surface area contributed by atoms with Gasteiger partial charge in [-0.15, -0.1) is 0 Å². The number of unbranched alkanes of at least 4 members (excludes halogenated alkanes) is 3. The summed E-state index contributed by atoms with van der Waals surface area (Å²) in [7, 11) is 1.45. The van der Waals surface area contributed by atoms with Crippen LogP contribution >= 0.6 is 0 Å². The van der Waals surface area contributed by atoms with Crippen LogP contribution in [0.1, 0.15) is 51.9 Å². The summed E-state index contributed by atoms with van der Waals surface area (Å²) in [5, 5.41) is 0. The maximum absolute atomic E-state index is 10.9. The van der Waals surface area contributed by atoms with E-state index < -0.39 is 0 Å². The maximum Gasteiger partial charge on any atom is 0.305 e. The Morgan fingerprint density at radius 1 is 1.06 bits per heavy atom. The molecule has 0 aliphatic rings. The third-order valence-electron chi connectivity index (χ3n) is 3.09. The van der Waals surface area contributed by atoms with Crippen molar-refractivity contribution in [1.82, 2.24) is 4.90 Å². The van der Waals surface area contributed by atoms with Gasteiger partial charge in [-0.3, -0.25) is 4.79 Å². The van der Waals surface area contributed by atoms with Gasteiger partial charge < -0.3 is 15.4 Å². The van der Waals surface area contributed by atoms with Crippen molar-refractivity contribution in [2.24, 2.45) is 5.73 Å². The maximum atomic E-state index is 10.9. The number of hydrogen-bond acceptors (Lipinski definition) is 4. The van der Waals surface area contributed by atoms with E-state index in [0.717, 1.165) is 45.3 Å². The Bertz CT molecular complexity index is 190. The molecule has 18 heavy (non-hydrogen) atoms. The van der Waals surface area contributed by atoms with E-state index in [-0.39, 0.29) is 5.97 Å². The highest BCUT2D eigenvalue weighted by atomic mass is 16.5. The highest BCUT2D eigenvalue weighted by molar-refractivity contribution is 5.68. The topological polar surface area (TPSA) is 55.6 Å². The largest absolute Gasteiger partial charge is 0.469 e. The van der Waals surface area contributed by atoms with Gasteiger partial charge >= 0.3 is 5.97 Å². The van der Waals surface area contributed by atoms with E-state index in [1.807, 2.05) is 0 Å². The number of nitrogens with zero attached hydrogens (tertiary/aromatic N) is 1. The zero-order valence-corrected chi connectivity index (χ0v) is 12.1. The standard InChI is InChI=1S/C14H30N2O2/c1-3-4-11-16(13-8-10-15)12-7-5-6-9-14(17)18-2/h3-13,15H2,1-2H3. The van der Waals surface area contributed by atoms with Crippen LogP contribution in [0.4, 0.5) is 0 Å². The molecular formula is C14H30N2O2. The number of hydrogen-bond donors (Lipinski definition) is 1. The van der Waals surface area contributed by atoms with E-state index in [4.69, 9.17) is 5.73 Å². The van der Waals surface area contributed by atoms with Crippen LogP contribution in [0.15, 0.2) is 0 Å². The van der Waals surface area contributed by atoms with Gasteiger partial charge in [0, 0.05) is 6.42 Å². The Balaban J connectivity index is 3.57. The second-order valence-electron chi connectivity index (χ2n) is 4.72. The van der Waals surface area contributed by atoms with Crippen molar-refractivity contribution in [3.8, 4) is 0 Å². The smallest absolute Gasteiger partial charge is 0.305 e. The molecule has 0 radical (unpaired) electrons. The van der Waals surface area contributed by atoms with E-state index in [9.17, 15) is 4.79 Å². The monoisotopic (exact) mass is 258 g/mol. The highest BCUT2D eigenvalue weighted by Gasteiger charge is 2.04. The molecule has 0 aromatic carbocycles. The van der Waals surface area contributed by atoms with Gasteiger partial charge in [-0.25, -0.2) is 0 Å². The lowest BCUT2D eigenvalue weighted by atomic mass is 10.2. The van der Waals surface area contributed by atoms with Crippen LogP contribution in [0.2, 0.25) is 0 Å². The fourth-order valence-electron chi connectivity index (χ4n) is 1.92. The average molecular weight is 258 g/mol. The van der Waals surface area contributed by atoms with Crippen molar-refractivity contribution in [2.75, 3.05) is 33.3 Å². The predicted octanol–water partition coefficient (Wildman–Crippen LogP) is 2.17. The van der Waals surface area contributed by atoms with Crippen molar-refractivity contribution >= 4 is 5.97 Å². The molecule has 0 aliphatic carbocycles. The molecule has 4 nitrogen and oxygen atoms in total. The first kappa shape index (κ1) is 17.4. The van der Waals surface area contributed by atoms with Crippen molar-refractivity contribution in [2.45, 2.75) is 51.9 Å². The SMILES string of the molecule is CCCCN(CCCN)CCCCCC(=O)OC. The number of esters is 1. The summed E-state index contributed by atoms with van der Waals surface area (Å²) in [5.74, 6) is -0.0963. The van der Waals surface area contributed by atoms with Crippen LogP contribution in [0.25, 0.3) is 0 Å². The molecule has 2 N–H and O–H groups in total. The van der Waals surface area contributed by atoms with E-state index in [0.29, 0.717) is 6.42 Å². The number of carbonyl (C=O) groups excluding carboxylic acids is 1. The molecule has 0 atom stereocenters. The normalized spacial score (nSPS) is 10.9. The quantitative estimate of drug-likeness (QED) is 0.430. The van der Waals surface area contributed by atoms with Gasteiger partial charge in [0.15, 0.2) is 0 Å². The third-order valence-corrected chi connectivity index (χ3v) is 3.09. The number of methoxy groups -OCH3 is 1. The van der Waals surface area contributed by atoms with Crippen molar-refractivity contribution < 1.29 is 9.53 Å². The van der Waals surface area contributed by atoms with Crippen LogP contribution in [-0.4, -0.2) is 44.2 Å². The van der Waals surface area contributed by atoms with Crippen LogP contribution in [0.5, 0.6) is 0 Å². The van der Waals surface area contributed by atoms with Gasteiger partial charge in [0.1, 0.15) is 0 Å². The summed E-state index contributed by atoms with van der Waals surface area (Å²) >= 11 is 0. The molecular weight excluding hydrogens is 228 g/mol. The zero-order chi connectivity index (χ0) is 13.6. The summed E-state index contributed by atoms with van der Waals surface area (Å²) < 4.78 is 4.62. The predicted molar refractivity (Wildman–Crippen MR) is 75.5 cm³/mol. The molecule has 0 rings (SSSR count). The lowest BCUT2D eigenvalue weighted by molar-refractivity contribution is -0.140. The van der Waals surface area contributed by atoms with Gasteiger partial charge in [-0.1, -0.05) is 19.8 Å². The van der Waals surface area contributed by atoms with Crippen molar-refractivity contribution in [3.05, 3.63) is 0 Å². The number of ether oxygens (including phenoxy) is 1. The summed E-state index contributed by atoms with van der Waals surface area (Å²) in [6.07, 6.45) is 7.31. The average Bonchev–Trinajstić information content (AvgIpc) is 2.40. The van der Waals surface area contributed by atoms with Gasteiger partial charge in [-0.05, 0) is 51.9 Å². The Morgan fingerprint density at radius 3 is 2.33 bits per heavy atom. The molecule has 0 aromatic heterocycles. The molecule has 0 aromatic rings. The fraction of sp³-hybridized carbons (Fsp3) is 0.929. The molecule has 108 valence electrons. The molecule has 0 spiro atoms. The molecule has 0 unspecified atom stereocenters. The minimum atomic E-state index is -0.0963. The lowest BCUT2D eigenvalue weighted by Crippen LogP contribution is -2.28. The molecule has 4 heteroatoms.